The van der Waals surface area contributed by atoms with Crippen molar-refractivity contribution in [1.82, 2.24) is 24.5 Å². The zero-order valence-corrected chi connectivity index (χ0v) is 22.2. The Bertz CT molecular complexity index is 1400. The summed E-state index contributed by atoms with van der Waals surface area (Å²) in [6.07, 6.45) is 5.02. The van der Waals surface area contributed by atoms with Crippen molar-refractivity contribution in [3.05, 3.63) is 84.6 Å². The molecule has 0 spiro atoms. The molecule has 3 aromatic heterocycles. The van der Waals surface area contributed by atoms with Gasteiger partial charge in [-0.1, -0.05) is 0 Å². The number of nitrogens with zero attached hydrogens (tertiary/aromatic N) is 6. The van der Waals surface area contributed by atoms with Crippen LogP contribution in [0.15, 0.2) is 51.9 Å². The predicted molar refractivity (Wildman–Crippen MR) is 135 cm³/mol. The van der Waals surface area contributed by atoms with Gasteiger partial charge in [-0.2, -0.15) is 10.2 Å². The highest BCUT2D eigenvalue weighted by Gasteiger charge is 2.24. The van der Waals surface area contributed by atoms with Crippen LogP contribution in [0.5, 0.6) is 5.75 Å². The van der Waals surface area contributed by atoms with E-state index in [9.17, 15) is 14.5 Å². The number of benzene rings is 1. The fourth-order valence-electron chi connectivity index (χ4n) is 3.80. The Morgan fingerprint density at radius 2 is 1.97 bits per heavy atom. The molecule has 9 nitrogen and oxygen atoms in total. The Hall–Kier alpha value is -3.12. The molecule has 0 aliphatic carbocycles. The van der Waals surface area contributed by atoms with Gasteiger partial charge in [-0.05, 0) is 73.8 Å². The Balaban J connectivity index is 1.74. The lowest BCUT2D eigenvalue weighted by Crippen LogP contribution is -2.08. The topological polar surface area (TPSA) is 101 Å². The lowest BCUT2D eigenvalue weighted by atomic mass is 9.96. The number of aromatic nitrogens is 5. The van der Waals surface area contributed by atoms with Gasteiger partial charge in [0.1, 0.15) is 16.5 Å². The number of pyridine rings is 1. The summed E-state index contributed by atoms with van der Waals surface area (Å²) in [7, 11) is 1.82. The smallest absolute Gasteiger partial charge is 0.406 e. The highest BCUT2D eigenvalue weighted by molar-refractivity contribution is 9.10. The molecule has 1 atom stereocenters. The Labute approximate surface area is 217 Å². The van der Waals surface area contributed by atoms with Gasteiger partial charge < -0.3 is 14.9 Å². The van der Waals surface area contributed by atoms with Crippen LogP contribution < -0.4 is 4.74 Å². The molecular formula is C23H21Br2FN6O3. The Morgan fingerprint density at radius 1 is 1.20 bits per heavy atom. The van der Waals surface area contributed by atoms with Crippen molar-refractivity contribution in [3.63, 3.8) is 0 Å². The Morgan fingerprint density at radius 3 is 2.66 bits per heavy atom. The molecule has 0 fully saturated rings. The fourth-order valence-corrected chi connectivity index (χ4v) is 4.55. The van der Waals surface area contributed by atoms with Crippen molar-refractivity contribution in [2.45, 2.75) is 32.9 Å². The summed E-state index contributed by atoms with van der Waals surface area (Å²) in [4.78, 5) is 14.6. The second-order valence-electron chi connectivity index (χ2n) is 7.88. The van der Waals surface area contributed by atoms with Crippen molar-refractivity contribution < 1.29 is 14.1 Å². The molecule has 0 radical (unpaired) electrons. The van der Waals surface area contributed by atoms with Gasteiger partial charge in [0.25, 0.3) is 0 Å². The first-order valence-electron chi connectivity index (χ1n) is 10.7. The van der Waals surface area contributed by atoms with Crippen molar-refractivity contribution in [3.8, 4) is 17.0 Å². The summed E-state index contributed by atoms with van der Waals surface area (Å²) in [5, 5.41) is 20.5. The molecule has 0 bridgehead atoms. The molecule has 3 heterocycles. The van der Waals surface area contributed by atoms with E-state index in [0.717, 1.165) is 22.3 Å². The summed E-state index contributed by atoms with van der Waals surface area (Å²) in [5.74, 6) is -0.899. The normalized spacial score (nSPS) is 12.1. The Kier molecular flexibility index (Phi) is 7.31. The van der Waals surface area contributed by atoms with Gasteiger partial charge in [0.05, 0.1) is 10.2 Å². The second kappa shape index (κ2) is 10.2. The van der Waals surface area contributed by atoms with Crippen LogP contribution in [0, 0.1) is 15.9 Å². The van der Waals surface area contributed by atoms with Gasteiger partial charge in [-0.3, -0.25) is 9.36 Å². The lowest BCUT2D eigenvalue weighted by molar-refractivity contribution is -0.390. The second-order valence-corrected chi connectivity index (χ2v) is 9.55. The molecule has 0 saturated heterocycles. The molecule has 35 heavy (non-hydrogen) atoms. The minimum absolute atomic E-state index is 0.0239. The van der Waals surface area contributed by atoms with Crippen LogP contribution in [0.2, 0.25) is 0 Å². The summed E-state index contributed by atoms with van der Waals surface area (Å²) >= 11 is 6.78. The highest BCUT2D eigenvalue weighted by Crippen LogP contribution is 2.36. The van der Waals surface area contributed by atoms with Crippen LogP contribution in [0.3, 0.4) is 0 Å². The van der Waals surface area contributed by atoms with Crippen LogP contribution >= 0.6 is 31.9 Å². The molecule has 0 aliphatic heterocycles. The van der Waals surface area contributed by atoms with Crippen molar-refractivity contribution in [2.24, 2.45) is 7.05 Å². The van der Waals surface area contributed by atoms with E-state index in [0.29, 0.717) is 27.7 Å². The van der Waals surface area contributed by atoms with Crippen LogP contribution in [-0.2, 0) is 20.0 Å². The zero-order valence-electron chi connectivity index (χ0n) is 19.1. The van der Waals surface area contributed by atoms with Crippen molar-refractivity contribution in [1.29, 1.82) is 0 Å². The maximum Gasteiger partial charge on any atom is 0.406 e. The maximum absolute atomic E-state index is 14.4. The third-order valence-corrected chi connectivity index (χ3v) is 6.48. The van der Waals surface area contributed by atoms with E-state index < -0.39 is 22.7 Å². The minimum Gasteiger partial charge on any atom is -0.478 e. The van der Waals surface area contributed by atoms with E-state index in [2.05, 4.69) is 47.0 Å². The largest absolute Gasteiger partial charge is 0.478 e. The van der Waals surface area contributed by atoms with Gasteiger partial charge >= 0.3 is 5.82 Å². The third-order valence-electron chi connectivity index (χ3n) is 5.38. The standard InChI is InChI=1S/C23H21Br2FN6O3/c1-4-31-12-15(22(25)29-31)7-14-11-30(3)28-21(14)18-6-5-17(26)9-19(18)13(2)35-20-8-16(24)10-27-23(20)32(33)34/h5-6,8-13H,4,7H2,1-3H3/t13-/m1/s1. The monoisotopic (exact) mass is 606 g/mol. The van der Waals surface area contributed by atoms with Gasteiger partial charge in [-0.15, -0.1) is 0 Å². The molecule has 182 valence electrons. The molecule has 0 N–H and O–H groups in total. The molecule has 0 saturated carbocycles. The number of aryl methyl sites for hydroxylation is 2. The molecule has 12 heteroatoms. The van der Waals surface area contributed by atoms with Gasteiger partial charge in [0.2, 0.25) is 5.75 Å². The number of rotatable bonds is 8. The van der Waals surface area contributed by atoms with Crippen LogP contribution in [0.25, 0.3) is 11.3 Å². The van der Waals surface area contributed by atoms with E-state index in [1.807, 2.05) is 31.0 Å². The number of ether oxygens (including phenoxy) is 1. The molecule has 0 aliphatic rings. The van der Waals surface area contributed by atoms with Gasteiger partial charge in [0.15, 0.2) is 6.20 Å². The maximum atomic E-state index is 14.4. The first-order chi connectivity index (χ1) is 16.7. The first-order valence-corrected chi connectivity index (χ1v) is 12.3. The van der Waals surface area contributed by atoms with E-state index >= 15 is 0 Å². The molecule has 4 aromatic rings. The quantitative estimate of drug-likeness (QED) is 0.180. The average molecular weight is 608 g/mol. The molecule has 4 rings (SSSR count). The summed E-state index contributed by atoms with van der Waals surface area (Å²) in [6.45, 7) is 4.45. The van der Waals surface area contributed by atoms with Crippen LogP contribution in [-0.4, -0.2) is 29.5 Å². The molecular weight excluding hydrogens is 587 g/mol. The van der Waals surface area contributed by atoms with E-state index in [-0.39, 0.29) is 5.75 Å². The van der Waals surface area contributed by atoms with E-state index in [1.165, 1.54) is 24.4 Å². The summed E-state index contributed by atoms with van der Waals surface area (Å²) in [6, 6.07) is 5.84. The summed E-state index contributed by atoms with van der Waals surface area (Å²) < 4.78 is 25.1. The SMILES string of the molecule is CCn1cc(Cc2cn(C)nc2-c2ccc(F)cc2[C@@H](C)Oc2cc(Br)cnc2[N+](=O)[O-])c(Br)n1. The molecule has 0 amide bonds. The summed E-state index contributed by atoms with van der Waals surface area (Å²) in [5.41, 5.74) is 3.74. The number of hydrogen-bond donors (Lipinski definition) is 0. The fraction of sp³-hybridized carbons (Fsp3) is 0.261. The predicted octanol–water partition coefficient (Wildman–Crippen LogP) is 6.00. The number of nitro groups is 1. The van der Waals surface area contributed by atoms with E-state index in [1.54, 1.807) is 17.7 Å². The lowest BCUT2D eigenvalue weighted by Gasteiger charge is -2.18. The van der Waals surface area contributed by atoms with Crippen molar-refractivity contribution >= 4 is 37.7 Å². The number of halogens is 3. The molecule has 1 aromatic carbocycles. The van der Waals surface area contributed by atoms with Gasteiger partial charge in [0, 0.05) is 60.7 Å². The number of hydrogen-bond acceptors (Lipinski definition) is 6. The molecule has 0 unspecified atom stereocenters. The van der Waals surface area contributed by atoms with Gasteiger partial charge in [-0.25, -0.2) is 4.39 Å². The average Bonchev–Trinajstić information content (AvgIpc) is 3.35. The first kappa shape index (κ1) is 25.0. The van der Waals surface area contributed by atoms with Crippen LogP contribution in [0.1, 0.15) is 36.6 Å². The minimum atomic E-state index is -0.736. The zero-order chi connectivity index (χ0) is 25.3. The van der Waals surface area contributed by atoms with E-state index in [4.69, 9.17) is 4.74 Å². The van der Waals surface area contributed by atoms with Crippen molar-refractivity contribution in [2.75, 3.05) is 0 Å². The van der Waals surface area contributed by atoms with Crippen LogP contribution in [0.4, 0.5) is 10.2 Å². The third kappa shape index (κ3) is 5.43. The highest BCUT2D eigenvalue weighted by atomic mass is 79.9.